The molecule has 1 atom stereocenters. The number of nitrogens with zero attached hydrogens (tertiary/aromatic N) is 1. The van der Waals surface area contributed by atoms with E-state index >= 15 is 0 Å². The molecular weight excluding hydrogens is 399 g/mol. The van der Waals surface area contributed by atoms with Gasteiger partial charge in [0.2, 0.25) is 5.91 Å². The van der Waals surface area contributed by atoms with Crippen molar-refractivity contribution in [1.82, 2.24) is 10.2 Å². The zero-order valence-corrected chi connectivity index (χ0v) is 17.9. The van der Waals surface area contributed by atoms with E-state index in [4.69, 9.17) is 27.9 Å². The van der Waals surface area contributed by atoms with E-state index in [0.29, 0.717) is 15.8 Å². The van der Waals surface area contributed by atoms with Crippen molar-refractivity contribution in [2.24, 2.45) is 0 Å². The summed E-state index contributed by atoms with van der Waals surface area (Å²) in [4.78, 5) is 26.5. The molecule has 0 aliphatic heterocycles. The van der Waals surface area contributed by atoms with Crippen molar-refractivity contribution < 1.29 is 14.3 Å². The summed E-state index contributed by atoms with van der Waals surface area (Å²) in [6.45, 7) is 5.42. The molecule has 0 fully saturated rings. The van der Waals surface area contributed by atoms with Gasteiger partial charge >= 0.3 is 0 Å². The Balaban J connectivity index is 2.19. The third-order valence-corrected chi connectivity index (χ3v) is 5.45. The summed E-state index contributed by atoms with van der Waals surface area (Å²) in [5.41, 5.74) is 2.50. The number of carbonyl (C=O) groups is 2. The number of hydrogen-bond acceptors (Lipinski definition) is 3. The molecule has 2 aromatic carbocycles. The van der Waals surface area contributed by atoms with Crippen molar-refractivity contribution in [3.8, 4) is 5.75 Å². The van der Waals surface area contributed by atoms with Crippen LogP contribution in [0.1, 0.15) is 23.6 Å². The van der Waals surface area contributed by atoms with E-state index in [9.17, 15) is 9.59 Å². The quantitative estimate of drug-likeness (QED) is 0.728. The highest BCUT2D eigenvalue weighted by Crippen LogP contribution is 2.26. The highest BCUT2D eigenvalue weighted by molar-refractivity contribution is 6.32. The predicted octanol–water partition coefficient (Wildman–Crippen LogP) is 4.15. The van der Waals surface area contributed by atoms with Crippen molar-refractivity contribution in [3.05, 3.63) is 63.1 Å². The van der Waals surface area contributed by atoms with E-state index in [1.165, 1.54) is 11.9 Å². The number of amides is 2. The van der Waals surface area contributed by atoms with E-state index in [1.807, 2.05) is 32.0 Å². The fourth-order valence-corrected chi connectivity index (χ4v) is 3.12. The average molecular weight is 423 g/mol. The molecule has 0 saturated carbocycles. The van der Waals surface area contributed by atoms with Gasteiger partial charge in [-0.05, 0) is 55.7 Å². The van der Waals surface area contributed by atoms with Crippen LogP contribution in [0, 0.1) is 13.8 Å². The molecule has 2 aromatic rings. The standard InChI is InChI=1S/C21H24Cl2N2O3/c1-13-9-17(10-14(2)20(13)23)28-12-19(26)25(15(3)21(27)24-4)11-16-7-5-6-8-18(16)22/h5-10,15H,11-12H2,1-4H3,(H,24,27). The maximum Gasteiger partial charge on any atom is 0.261 e. The van der Waals surface area contributed by atoms with Gasteiger partial charge in [0.15, 0.2) is 6.61 Å². The SMILES string of the molecule is CNC(=O)C(C)N(Cc1ccccc1Cl)C(=O)COc1cc(C)c(Cl)c(C)c1. The normalized spacial score (nSPS) is 11.6. The summed E-state index contributed by atoms with van der Waals surface area (Å²) in [6.07, 6.45) is 0. The number of rotatable bonds is 7. The second-order valence-electron chi connectivity index (χ2n) is 6.56. The number of ether oxygens (including phenoxy) is 1. The van der Waals surface area contributed by atoms with Crippen LogP contribution in [0.3, 0.4) is 0 Å². The lowest BCUT2D eigenvalue weighted by Crippen LogP contribution is -2.48. The summed E-state index contributed by atoms with van der Waals surface area (Å²) >= 11 is 12.4. The second kappa shape index (κ2) is 9.80. The third kappa shape index (κ3) is 5.40. The molecule has 28 heavy (non-hydrogen) atoms. The number of halogens is 2. The van der Waals surface area contributed by atoms with Crippen LogP contribution in [0.25, 0.3) is 0 Å². The fourth-order valence-electron chi connectivity index (χ4n) is 2.82. The van der Waals surface area contributed by atoms with Crippen LogP contribution in [0.15, 0.2) is 36.4 Å². The Labute approximate surface area is 175 Å². The van der Waals surface area contributed by atoms with E-state index in [2.05, 4.69) is 5.32 Å². The molecule has 0 bridgehead atoms. The highest BCUT2D eigenvalue weighted by Gasteiger charge is 2.26. The van der Waals surface area contributed by atoms with Gasteiger partial charge in [-0.2, -0.15) is 0 Å². The first-order chi connectivity index (χ1) is 13.2. The number of hydrogen-bond donors (Lipinski definition) is 1. The molecule has 5 nitrogen and oxygen atoms in total. The summed E-state index contributed by atoms with van der Waals surface area (Å²) in [7, 11) is 1.53. The van der Waals surface area contributed by atoms with E-state index in [0.717, 1.165) is 16.7 Å². The predicted molar refractivity (Wildman–Crippen MR) is 112 cm³/mol. The molecule has 0 aliphatic carbocycles. The van der Waals surface area contributed by atoms with Gasteiger partial charge in [0.1, 0.15) is 11.8 Å². The Morgan fingerprint density at radius 3 is 2.32 bits per heavy atom. The molecule has 1 unspecified atom stereocenters. The smallest absolute Gasteiger partial charge is 0.261 e. The van der Waals surface area contributed by atoms with Crippen LogP contribution in [0.5, 0.6) is 5.75 Å². The molecule has 0 aliphatic rings. The van der Waals surface area contributed by atoms with Crippen LogP contribution < -0.4 is 10.1 Å². The van der Waals surface area contributed by atoms with Crippen molar-refractivity contribution in [3.63, 3.8) is 0 Å². The minimum Gasteiger partial charge on any atom is -0.484 e. The van der Waals surface area contributed by atoms with Gasteiger partial charge in [-0.3, -0.25) is 9.59 Å². The largest absolute Gasteiger partial charge is 0.484 e. The lowest BCUT2D eigenvalue weighted by molar-refractivity contribution is -0.142. The Hall–Kier alpha value is -2.24. The summed E-state index contributed by atoms with van der Waals surface area (Å²) in [6, 6.07) is 10.1. The lowest BCUT2D eigenvalue weighted by atomic mass is 10.1. The molecule has 0 heterocycles. The fraction of sp³-hybridized carbons (Fsp3) is 0.333. The molecule has 150 valence electrons. The number of benzene rings is 2. The van der Waals surface area contributed by atoms with Gasteiger partial charge < -0.3 is 15.0 Å². The maximum atomic E-state index is 12.9. The highest BCUT2D eigenvalue weighted by atomic mass is 35.5. The Bertz CT molecular complexity index is 847. The zero-order chi connectivity index (χ0) is 20.8. The van der Waals surface area contributed by atoms with Crippen LogP contribution in [-0.2, 0) is 16.1 Å². The monoisotopic (exact) mass is 422 g/mol. The first kappa shape index (κ1) is 22.1. The molecule has 0 aromatic heterocycles. The van der Waals surface area contributed by atoms with Gasteiger partial charge in [0.05, 0.1) is 0 Å². The molecule has 2 amide bonds. The molecular formula is C21H24Cl2N2O3. The molecule has 2 rings (SSSR count). The van der Waals surface area contributed by atoms with Gasteiger partial charge in [-0.15, -0.1) is 0 Å². The van der Waals surface area contributed by atoms with E-state index < -0.39 is 6.04 Å². The van der Waals surface area contributed by atoms with Crippen molar-refractivity contribution in [2.75, 3.05) is 13.7 Å². The Kier molecular flexibility index (Phi) is 7.72. The van der Waals surface area contributed by atoms with Crippen molar-refractivity contribution in [1.29, 1.82) is 0 Å². The van der Waals surface area contributed by atoms with Gasteiger partial charge in [0.25, 0.3) is 5.91 Å². The lowest BCUT2D eigenvalue weighted by Gasteiger charge is -2.28. The van der Waals surface area contributed by atoms with E-state index in [-0.39, 0.29) is 25.0 Å². The van der Waals surface area contributed by atoms with Crippen LogP contribution in [0.2, 0.25) is 10.0 Å². The molecule has 1 N–H and O–H groups in total. The van der Waals surface area contributed by atoms with Gasteiger partial charge in [0, 0.05) is 23.6 Å². The molecule has 0 spiro atoms. The van der Waals surface area contributed by atoms with Crippen LogP contribution >= 0.6 is 23.2 Å². The Morgan fingerprint density at radius 1 is 1.14 bits per heavy atom. The first-order valence-electron chi connectivity index (χ1n) is 8.88. The summed E-state index contributed by atoms with van der Waals surface area (Å²) in [5.74, 6) is -0.0297. The van der Waals surface area contributed by atoms with Crippen LogP contribution in [0.4, 0.5) is 0 Å². The minimum atomic E-state index is -0.675. The number of nitrogens with one attached hydrogen (secondary N) is 1. The zero-order valence-electron chi connectivity index (χ0n) is 16.4. The van der Waals surface area contributed by atoms with E-state index in [1.54, 1.807) is 25.1 Å². The molecule has 0 radical (unpaired) electrons. The number of likely N-dealkylation sites (N-methyl/N-ethyl adjacent to an activating group) is 1. The third-order valence-electron chi connectivity index (χ3n) is 4.48. The van der Waals surface area contributed by atoms with Gasteiger partial charge in [-0.25, -0.2) is 0 Å². The second-order valence-corrected chi connectivity index (χ2v) is 7.35. The number of carbonyl (C=O) groups excluding carboxylic acids is 2. The minimum absolute atomic E-state index is 0.202. The summed E-state index contributed by atoms with van der Waals surface area (Å²) < 4.78 is 5.68. The van der Waals surface area contributed by atoms with Crippen LogP contribution in [-0.4, -0.2) is 36.4 Å². The summed E-state index contributed by atoms with van der Waals surface area (Å²) in [5, 5.41) is 3.78. The number of aryl methyl sites for hydroxylation is 2. The molecule has 0 saturated heterocycles. The molecule has 7 heteroatoms. The maximum absolute atomic E-state index is 12.9. The Morgan fingerprint density at radius 2 is 1.75 bits per heavy atom. The topological polar surface area (TPSA) is 58.6 Å². The van der Waals surface area contributed by atoms with Crippen molar-refractivity contribution >= 4 is 35.0 Å². The first-order valence-corrected chi connectivity index (χ1v) is 9.64. The average Bonchev–Trinajstić information content (AvgIpc) is 2.68. The van der Waals surface area contributed by atoms with Gasteiger partial charge in [-0.1, -0.05) is 41.4 Å². The van der Waals surface area contributed by atoms with Crippen molar-refractivity contribution in [2.45, 2.75) is 33.4 Å².